The van der Waals surface area contributed by atoms with E-state index in [0.717, 1.165) is 55.6 Å². The van der Waals surface area contributed by atoms with Gasteiger partial charge in [-0.2, -0.15) is 0 Å². The highest BCUT2D eigenvalue weighted by atomic mass is 35.5. The summed E-state index contributed by atoms with van der Waals surface area (Å²) in [5, 5.41) is 13.5. The van der Waals surface area contributed by atoms with Gasteiger partial charge in [0.05, 0.1) is 6.04 Å². The van der Waals surface area contributed by atoms with E-state index in [9.17, 15) is 0 Å². The van der Waals surface area contributed by atoms with Crippen molar-refractivity contribution in [2.75, 3.05) is 33.2 Å². The molecule has 154 valence electrons. The molecule has 0 radical (unpaired) electrons. The summed E-state index contributed by atoms with van der Waals surface area (Å²) in [4.78, 5) is 4.78. The molecule has 1 aliphatic rings. The highest BCUT2D eigenvalue weighted by Crippen LogP contribution is 2.32. The zero-order chi connectivity index (χ0) is 19.3. The summed E-state index contributed by atoms with van der Waals surface area (Å²) in [6, 6.07) is 18.4. The van der Waals surface area contributed by atoms with Crippen LogP contribution in [-0.4, -0.2) is 63.2 Å². The fourth-order valence-electron chi connectivity index (χ4n) is 3.72. The number of hydrogen-bond acceptors (Lipinski definition) is 5. The van der Waals surface area contributed by atoms with Gasteiger partial charge in [-0.3, -0.25) is 4.90 Å². The number of nitrogens with zero attached hydrogens (tertiary/aromatic N) is 6. The van der Waals surface area contributed by atoms with Crippen molar-refractivity contribution in [3.05, 3.63) is 76.6 Å². The van der Waals surface area contributed by atoms with Gasteiger partial charge in [-0.25, -0.2) is 4.68 Å². The maximum absolute atomic E-state index is 6.59. The number of aromatic nitrogens is 4. The van der Waals surface area contributed by atoms with Gasteiger partial charge in [-0.15, -0.1) is 17.5 Å². The summed E-state index contributed by atoms with van der Waals surface area (Å²) in [5.41, 5.74) is 2.34. The second kappa shape index (κ2) is 10.2. The van der Waals surface area contributed by atoms with Crippen LogP contribution in [0.4, 0.5) is 0 Å². The molecule has 1 aromatic heterocycles. The van der Waals surface area contributed by atoms with Gasteiger partial charge in [0.1, 0.15) is 0 Å². The molecular weight excluding hydrogens is 407 g/mol. The predicted octanol–water partition coefficient (Wildman–Crippen LogP) is 3.33. The lowest BCUT2D eigenvalue weighted by atomic mass is 10.0. The summed E-state index contributed by atoms with van der Waals surface area (Å²) < 4.78 is 1.93. The van der Waals surface area contributed by atoms with E-state index in [1.54, 1.807) is 0 Å². The number of benzene rings is 2. The topological polar surface area (TPSA) is 50.1 Å². The number of tetrazole rings is 1. The molecule has 1 aliphatic heterocycles. The van der Waals surface area contributed by atoms with Gasteiger partial charge in [-0.1, -0.05) is 60.1 Å². The van der Waals surface area contributed by atoms with Gasteiger partial charge in [0.2, 0.25) is 0 Å². The van der Waals surface area contributed by atoms with Gasteiger partial charge in [0.15, 0.2) is 5.82 Å². The Bertz CT molecular complexity index is 893. The minimum atomic E-state index is -0.0480. The number of hydrogen-bond donors (Lipinski definition) is 0. The third kappa shape index (κ3) is 5.14. The van der Waals surface area contributed by atoms with Crippen LogP contribution in [0.5, 0.6) is 0 Å². The molecule has 29 heavy (non-hydrogen) atoms. The van der Waals surface area contributed by atoms with E-state index in [1.807, 2.05) is 28.9 Å². The number of aryl methyl sites for hydroxylation is 2. The molecule has 1 saturated heterocycles. The predicted molar refractivity (Wildman–Crippen MR) is 118 cm³/mol. The Hall–Kier alpha value is -1.99. The van der Waals surface area contributed by atoms with E-state index < -0.39 is 0 Å². The van der Waals surface area contributed by atoms with E-state index in [4.69, 9.17) is 11.6 Å². The number of halogens is 2. The third-order valence-corrected chi connectivity index (χ3v) is 5.71. The number of likely N-dealkylation sites (N-methyl/N-ethyl adjacent to an activating group) is 1. The molecule has 0 saturated carbocycles. The molecule has 6 nitrogen and oxygen atoms in total. The molecule has 1 unspecified atom stereocenters. The van der Waals surface area contributed by atoms with Crippen LogP contribution in [0.2, 0.25) is 5.02 Å². The third-order valence-electron chi connectivity index (χ3n) is 5.36. The van der Waals surface area contributed by atoms with Crippen LogP contribution in [0.25, 0.3) is 0 Å². The summed E-state index contributed by atoms with van der Waals surface area (Å²) in [6.07, 6.45) is 0.886. The zero-order valence-electron chi connectivity index (χ0n) is 16.5. The average molecular weight is 433 g/mol. The summed E-state index contributed by atoms with van der Waals surface area (Å²) in [5.74, 6) is 0.855. The van der Waals surface area contributed by atoms with E-state index in [1.165, 1.54) is 5.56 Å². The normalized spacial score (nSPS) is 16.3. The van der Waals surface area contributed by atoms with Crippen molar-refractivity contribution >= 4 is 24.0 Å². The van der Waals surface area contributed by atoms with Crippen molar-refractivity contribution in [2.24, 2.45) is 0 Å². The van der Waals surface area contributed by atoms with Crippen LogP contribution in [0.3, 0.4) is 0 Å². The maximum atomic E-state index is 6.59. The Morgan fingerprint density at radius 2 is 1.66 bits per heavy atom. The van der Waals surface area contributed by atoms with Crippen molar-refractivity contribution in [3.8, 4) is 0 Å². The Kier molecular flexibility index (Phi) is 7.61. The lowest BCUT2D eigenvalue weighted by Gasteiger charge is -2.37. The molecule has 0 bridgehead atoms. The Labute approximate surface area is 182 Å². The van der Waals surface area contributed by atoms with Crippen LogP contribution >= 0.6 is 24.0 Å². The highest BCUT2D eigenvalue weighted by molar-refractivity contribution is 6.31. The van der Waals surface area contributed by atoms with Gasteiger partial charge in [-0.05, 0) is 41.1 Å². The molecule has 0 N–H and O–H groups in total. The second-order valence-corrected chi connectivity index (χ2v) is 7.67. The van der Waals surface area contributed by atoms with Crippen molar-refractivity contribution in [3.63, 3.8) is 0 Å². The van der Waals surface area contributed by atoms with Gasteiger partial charge >= 0.3 is 0 Å². The summed E-state index contributed by atoms with van der Waals surface area (Å²) >= 11 is 6.59. The van der Waals surface area contributed by atoms with E-state index in [-0.39, 0.29) is 18.4 Å². The summed E-state index contributed by atoms with van der Waals surface area (Å²) in [7, 11) is 2.16. The Morgan fingerprint density at radius 1 is 0.966 bits per heavy atom. The first-order valence-electron chi connectivity index (χ1n) is 9.69. The molecule has 2 aromatic carbocycles. The van der Waals surface area contributed by atoms with Crippen molar-refractivity contribution < 1.29 is 0 Å². The Balaban J connectivity index is 0.00000240. The molecule has 0 spiro atoms. The molecule has 8 heteroatoms. The zero-order valence-corrected chi connectivity index (χ0v) is 18.1. The van der Waals surface area contributed by atoms with Crippen molar-refractivity contribution in [1.29, 1.82) is 0 Å². The van der Waals surface area contributed by atoms with Crippen LogP contribution < -0.4 is 0 Å². The lowest BCUT2D eigenvalue weighted by molar-refractivity contribution is 0.121. The van der Waals surface area contributed by atoms with E-state index >= 15 is 0 Å². The smallest absolute Gasteiger partial charge is 0.173 e. The van der Waals surface area contributed by atoms with Crippen LogP contribution in [0, 0.1) is 0 Å². The fraction of sp³-hybridized carbons (Fsp3) is 0.381. The molecular formula is C21H26Cl2N6. The van der Waals surface area contributed by atoms with E-state index in [0.29, 0.717) is 0 Å². The number of piperazine rings is 1. The molecule has 2 heterocycles. The minimum Gasteiger partial charge on any atom is -0.304 e. The molecule has 1 atom stereocenters. The molecule has 3 aromatic rings. The highest BCUT2D eigenvalue weighted by Gasteiger charge is 2.31. The van der Waals surface area contributed by atoms with Gasteiger partial charge < -0.3 is 4.90 Å². The minimum absolute atomic E-state index is 0. The number of rotatable bonds is 6. The molecule has 4 rings (SSSR count). The first-order chi connectivity index (χ1) is 13.7. The van der Waals surface area contributed by atoms with E-state index in [2.05, 4.69) is 62.7 Å². The fourth-order valence-corrected chi connectivity index (χ4v) is 3.96. The molecule has 0 aliphatic carbocycles. The quantitative estimate of drug-likeness (QED) is 0.597. The van der Waals surface area contributed by atoms with Gasteiger partial charge in [0.25, 0.3) is 0 Å². The monoisotopic (exact) mass is 432 g/mol. The Morgan fingerprint density at radius 3 is 2.38 bits per heavy atom. The van der Waals surface area contributed by atoms with Gasteiger partial charge in [0, 0.05) is 37.7 Å². The molecule has 0 amide bonds. The largest absolute Gasteiger partial charge is 0.304 e. The SMILES string of the molecule is CN1CCN(C(c2ccccc2Cl)c2nnnn2CCc2ccccc2)CC1.Cl. The second-order valence-electron chi connectivity index (χ2n) is 7.26. The van der Waals surface area contributed by atoms with Crippen molar-refractivity contribution in [1.82, 2.24) is 30.0 Å². The van der Waals surface area contributed by atoms with Crippen LogP contribution in [0.1, 0.15) is 23.0 Å². The first-order valence-corrected chi connectivity index (χ1v) is 10.1. The van der Waals surface area contributed by atoms with Crippen LogP contribution in [0.15, 0.2) is 54.6 Å². The first kappa shape index (κ1) is 21.7. The molecule has 1 fully saturated rings. The standard InChI is InChI=1S/C21H25ClN6.ClH/c1-26-13-15-27(16-14-26)20(18-9-5-6-10-19(18)22)21-23-24-25-28(21)12-11-17-7-3-2-4-8-17;/h2-10,20H,11-16H2,1H3;1H. The lowest BCUT2D eigenvalue weighted by Crippen LogP contribution is -2.46. The summed E-state index contributed by atoms with van der Waals surface area (Å²) in [6.45, 7) is 4.69. The van der Waals surface area contributed by atoms with Crippen LogP contribution in [-0.2, 0) is 13.0 Å². The maximum Gasteiger partial charge on any atom is 0.173 e. The van der Waals surface area contributed by atoms with Crippen molar-refractivity contribution in [2.45, 2.75) is 19.0 Å². The average Bonchev–Trinajstić information content (AvgIpc) is 3.18.